The fourth-order valence-corrected chi connectivity index (χ4v) is 3.89. The van der Waals surface area contributed by atoms with Crippen LogP contribution in [0.2, 0.25) is 0 Å². The van der Waals surface area contributed by atoms with Gasteiger partial charge in [-0.25, -0.2) is 0 Å². The van der Waals surface area contributed by atoms with Crippen LogP contribution in [-0.2, 0) is 0 Å². The molecule has 0 aromatic rings. The monoisotopic (exact) mass is 284 g/mol. The molecule has 2 rings (SSSR count). The summed E-state index contributed by atoms with van der Waals surface area (Å²) in [7, 11) is 0. The molecule has 3 heteroatoms. The molecule has 0 spiro atoms. The van der Waals surface area contributed by atoms with Crippen molar-refractivity contribution in [1.82, 2.24) is 10.2 Å². The quantitative estimate of drug-likeness (QED) is 0.827. The molecule has 2 unspecified atom stereocenters. The van der Waals surface area contributed by atoms with Crippen LogP contribution in [0.3, 0.4) is 0 Å². The Hall–Kier alpha value is -0.0500. The number of halogens is 1. The van der Waals surface area contributed by atoms with Crippen molar-refractivity contribution in [1.29, 1.82) is 0 Å². The van der Waals surface area contributed by atoms with Gasteiger partial charge in [-0.3, -0.25) is 4.90 Å². The Morgan fingerprint density at radius 3 is 2.74 bits per heavy atom. The minimum atomic E-state index is 0.675. The molecular weight excluding hydrogens is 256 g/mol. The van der Waals surface area contributed by atoms with Crippen molar-refractivity contribution in [2.45, 2.75) is 64.0 Å². The van der Waals surface area contributed by atoms with Gasteiger partial charge in [-0.2, -0.15) is 0 Å². The van der Waals surface area contributed by atoms with E-state index in [0.717, 1.165) is 18.5 Å². The van der Waals surface area contributed by atoms with Crippen molar-refractivity contribution < 1.29 is 0 Å². The number of rotatable bonds is 5. The normalized spacial score (nSPS) is 31.1. The van der Waals surface area contributed by atoms with Gasteiger partial charge in [-0.15, -0.1) is 0 Å². The maximum Gasteiger partial charge on any atom is 0.0252 e. The standard InChI is InChI=1S/C16H29ClN2/c1-2-7-15-13-19(11-6-10-17)16(12-18-15)14-8-4-3-5-9-14/h6,10,14-16,18H,2-5,7-9,11-13H2,1H3/b10-6+. The first-order chi connectivity index (χ1) is 9.35. The zero-order valence-corrected chi connectivity index (χ0v) is 13.0. The van der Waals surface area contributed by atoms with Crippen molar-refractivity contribution in [2.24, 2.45) is 5.92 Å². The second-order valence-electron chi connectivity index (χ2n) is 6.17. The number of hydrogen-bond acceptors (Lipinski definition) is 2. The molecule has 0 radical (unpaired) electrons. The van der Waals surface area contributed by atoms with E-state index in [2.05, 4.69) is 23.2 Å². The molecule has 2 fully saturated rings. The van der Waals surface area contributed by atoms with Crippen LogP contribution in [0.25, 0.3) is 0 Å². The molecule has 2 nitrogen and oxygen atoms in total. The molecule has 110 valence electrons. The molecule has 1 heterocycles. The minimum Gasteiger partial charge on any atom is -0.311 e. The van der Waals surface area contributed by atoms with E-state index in [1.165, 1.54) is 58.0 Å². The average molecular weight is 285 g/mol. The zero-order chi connectivity index (χ0) is 13.5. The highest BCUT2D eigenvalue weighted by atomic mass is 35.5. The Kier molecular flexibility index (Phi) is 6.69. The van der Waals surface area contributed by atoms with E-state index in [0.29, 0.717) is 6.04 Å². The summed E-state index contributed by atoms with van der Waals surface area (Å²) in [6, 6.07) is 1.40. The van der Waals surface area contributed by atoms with Crippen LogP contribution >= 0.6 is 11.6 Å². The Morgan fingerprint density at radius 2 is 2.05 bits per heavy atom. The summed E-state index contributed by atoms with van der Waals surface area (Å²) in [5.41, 5.74) is 1.68. The molecular formula is C16H29ClN2. The van der Waals surface area contributed by atoms with Gasteiger partial charge in [0.25, 0.3) is 0 Å². The molecule has 0 aromatic heterocycles. The lowest BCUT2D eigenvalue weighted by Gasteiger charge is -2.44. The van der Waals surface area contributed by atoms with Gasteiger partial charge in [-0.05, 0) is 25.2 Å². The van der Waals surface area contributed by atoms with Crippen LogP contribution in [0, 0.1) is 5.92 Å². The largest absolute Gasteiger partial charge is 0.311 e. The molecule has 2 atom stereocenters. The second kappa shape index (κ2) is 8.28. The van der Waals surface area contributed by atoms with Gasteiger partial charge in [0.15, 0.2) is 0 Å². The first kappa shape index (κ1) is 15.3. The van der Waals surface area contributed by atoms with Crippen molar-refractivity contribution >= 4 is 11.6 Å². The molecule has 0 bridgehead atoms. The molecule has 1 N–H and O–H groups in total. The lowest BCUT2D eigenvalue weighted by molar-refractivity contribution is 0.0802. The van der Waals surface area contributed by atoms with E-state index >= 15 is 0 Å². The molecule has 1 saturated heterocycles. The van der Waals surface area contributed by atoms with Gasteiger partial charge in [0.2, 0.25) is 0 Å². The van der Waals surface area contributed by atoms with Crippen molar-refractivity contribution in [2.75, 3.05) is 19.6 Å². The zero-order valence-electron chi connectivity index (χ0n) is 12.3. The van der Waals surface area contributed by atoms with E-state index < -0.39 is 0 Å². The van der Waals surface area contributed by atoms with Gasteiger partial charge in [-0.1, -0.05) is 50.3 Å². The lowest BCUT2D eigenvalue weighted by atomic mass is 9.82. The maximum atomic E-state index is 5.73. The van der Waals surface area contributed by atoms with Gasteiger partial charge in [0, 0.05) is 37.3 Å². The Balaban J connectivity index is 1.94. The number of nitrogens with one attached hydrogen (secondary N) is 1. The van der Waals surface area contributed by atoms with Crippen LogP contribution < -0.4 is 5.32 Å². The van der Waals surface area contributed by atoms with E-state index in [9.17, 15) is 0 Å². The highest BCUT2D eigenvalue weighted by Crippen LogP contribution is 2.30. The van der Waals surface area contributed by atoms with Crippen LogP contribution in [0.15, 0.2) is 11.6 Å². The van der Waals surface area contributed by atoms with Gasteiger partial charge in [0.05, 0.1) is 0 Å². The molecule has 1 aliphatic heterocycles. The summed E-state index contributed by atoms with van der Waals surface area (Å²) < 4.78 is 0. The minimum absolute atomic E-state index is 0.675. The lowest BCUT2D eigenvalue weighted by Crippen LogP contribution is -2.59. The molecule has 1 aliphatic carbocycles. The van der Waals surface area contributed by atoms with E-state index in [1.54, 1.807) is 5.54 Å². The number of nitrogens with zero attached hydrogens (tertiary/aromatic N) is 1. The first-order valence-electron chi connectivity index (χ1n) is 8.07. The van der Waals surface area contributed by atoms with Crippen molar-refractivity contribution in [3.63, 3.8) is 0 Å². The molecule has 0 amide bonds. The fourth-order valence-electron chi connectivity index (χ4n) is 3.81. The number of hydrogen-bond donors (Lipinski definition) is 1. The third kappa shape index (κ3) is 4.47. The third-order valence-electron chi connectivity index (χ3n) is 4.80. The van der Waals surface area contributed by atoms with Crippen LogP contribution in [-0.4, -0.2) is 36.6 Å². The molecule has 2 aliphatic rings. The Bertz CT molecular complexity index is 274. The smallest absolute Gasteiger partial charge is 0.0252 e. The predicted molar refractivity (Wildman–Crippen MR) is 83.6 cm³/mol. The SMILES string of the molecule is CCCC1CN(C/C=C/Cl)C(C2CCCCC2)CN1. The van der Waals surface area contributed by atoms with E-state index in [-0.39, 0.29) is 0 Å². The highest BCUT2D eigenvalue weighted by Gasteiger charge is 2.32. The highest BCUT2D eigenvalue weighted by molar-refractivity contribution is 6.25. The Morgan fingerprint density at radius 1 is 1.26 bits per heavy atom. The summed E-state index contributed by atoms with van der Waals surface area (Å²) in [6.45, 7) is 5.66. The topological polar surface area (TPSA) is 15.3 Å². The van der Waals surface area contributed by atoms with Crippen molar-refractivity contribution in [3.8, 4) is 0 Å². The summed E-state index contributed by atoms with van der Waals surface area (Å²) in [5.74, 6) is 0.896. The fraction of sp³-hybridized carbons (Fsp3) is 0.875. The molecule has 1 saturated carbocycles. The van der Waals surface area contributed by atoms with Crippen molar-refractivity contribution in [3.05, 3.63) is 11.6 Å². The molecule has 0 aromatic carbocycles. The summed E-state index contributed by atoms with van der Waals surface area (Å²) in [6.07, 6.45) is 11.8. The summed E-state index contributed by atoms with van der Waals surface area (Å²) in [5, 5.41) is 3.78. The van der Waals surface area contributed by atoms with E-state index in [4.69, 9.17) is 11.6 Å². The summed E-state index contributed by atoms with van der Waals surface area (Å²) in [4.78, 5) is 2.67. The van der Waals surface area contributed by atoms with Gasteiger partial charge >= 0.3 is 0 Å². The Labute approximate surface area is 123 Å². The maximum absolute atomic E-state index is 5.73. The van der Waals surface area contributed by atoms with E-state index in [1.807, 2.05) is 0 Å². The van der Waals surface area contributed by atoms with Crippen LogP contribution in [0.5, 0.6) is 0 Å². The number of piperazine rings is 1. The average Bonchev–Trinajstić information content (AvgIpc) is 2.46. The third-order valence-corrected chi connectivity index (χ3v) is 4.98. The molecule has 19 heavy (non-hydrogen) atoms. The van der Waals surface area contributed by atoms with Gasteiger partial charge in [0.1, 0.15) is 0 Å². The second-order valence-corrected chi connectivity index (χ2v) is 6.43. The van der Waals surface area contributed by atoms with Crippen LogP contribution in [0.1, 0.15) is 51.9 Å². The van der Waals surface area contributed by atoms with Crippen LogP contribution in [0.4, 0.5) is 0 Å². The first-order valence-corrected chi connectivity index (χ1v) is 8.51. The summed E-state index contributed by atoms with van der Waals surface area (Å²) >= 11 is 5.73. The van der Waals surface area contributed by atoms with Gasteiger partial charge < -0.3 is 5.32 Å². The predicted octanol–water partition coefficient (Wildman–Crippen LogP) is 3.76.